The number of benzene rings is 2. The van der Waals surface area contributed by atoms with Gasteiger partial charge in [0.05, 0.1) is 39.8 Å². The molecule has 2 aromatic carbocycles. The lowest BCUT2D eigenvalue weighted by Crippen LogP contribution is -2.30. The molecular formula is C26H22F2IN5O4S. The van der Waals surface area contributed by atoms with Crippen LogP contribution in [0.25, 0.3) is 22.2 Å². The van der Waals surface area contributed by atoms with E-state index in [4.69, 9.17) is 0 Å². The van der Waals surface area contributed by atoms with Crippen molar-refractivity contribution in [3.05, 3.63) is 78.4 Å². The summed E-state index contributed by atoms with van der Waals surface area (Å²) in [7, 11) is -2.12. The highest BCUT2D eigenvalue weighted by atomic mass is 127. The van der Waals surface area contributed by atoms with Crippen molar-refractivity contribution in [3.8, 4) is 11.3 Å². The van der Waals surface area contributed by atoms with Gasteiger partial charge in [-0.3, -0.25) is 13.9 Å². The number of nitrogens with one attached hydrogen (secondary N) is 1. The molecule has 1 saturated carbocycles. The number of aromatic nitrogens is 3. The SMILES string of the molecule is Cn1c(=O)c(F)c(Nc2ccc(I)cc2F)c2c(=O)n(C3CC3)nc(-c3cccc(N4CCCS4(=O)=O)c3)c21. The summed E-state index contributed by atoms with van der Waals surface area (Å²) in [4.78, 5) is 26.8. The second-order valence-electron chi connectivity index (χ2n) is 9.65. The summed E-state index contributed by atoms with van der Waals surface area (Å²) in [5.74, 6) is -1.86. The van der Waals surface area contributed by atoms with Gasteiger partial charge in [0.15, 0.2) is 0 Å². The van der Waals surface area contributed by atoms with E-state index in [2.05, 4.69) is 10.4 Å². The summed E-state index contributed by atoms with van der Waals surface area (Å²) >= 11 is 1.94. The zero-order valence-electron chi connectivity index (χ0n) is 20.6. The summed E-state index contributed by atoms with van der Waals surface area (Å²) < 4.78 is 59.6. The molecule has 2 fully saturated rings. The highest BCUT2D eigenvalue weighted by Crippen LogP contribution is 2.37. The van der Waals surface area contributed by atoms with Crippen molar-refractivity contribution in [2.24, 2.45) is 7.05 Å². The minimum absolute atomic E-state index is 0.0445. The van der Waals surface area contributed by atoms with Gasteiger partial charge in [0.2, 0.25) is 15.8 Å². The van der Waals surface area contributed by atoms with Crippen LogP contribution in [0.3, 0.4) is 0 Å². The van der Waals surface area contributed by atoms with E-state index < -0.39 is 38.5 Å². The minimum atomic E-state index is -3.46. The molecule has 13 heteroatoms. The van der Waals surface area contributed by atoms with Crippen molar-refractivity contribution >= 4 is 60.6 Å². The molecule has 202 valence electrons. The molecule has 0 amide bonds. The monoisotopic (exact) mass is 665 g/mol. The van der Waals surface area contributed by atoms with Gasteiger partial charge in [-0.15, -0.1) is 0 Å². The maximum atomic E-state index is 15.5. The molecule has 1 saturated heterocycles. The molecule has 0 unspecified atom stereocenters. The second kappa shape index (κ2) is 9.40. The largest absolute Gasteiger partial charge is 0.350 e. The van der Waals surface area contributed by atoms with Crippen molar-refractivity contribution in [1.82, 2.24) is 14.3 Å². The molecule has 1 aliphatic heterocycles. The Hall–Kier alpha value is -3.33. The highest BCUT2D eigenvalue weighted by molar-refractivity contribution is 14.1. The Kier molecular flexibility index (Phi) is 6.25. The number of nitrogens with zero attached hydrogens (tertiary/aromatic N) is 4. The Labute approximate surface area is 235 Å². The van der Waals surface area contributed by atoms with E-state index in [9.17, 15) is 22.4 Å². The molecule has 3 heterocycles. The van der Waals surface area contributed by atoms with Crippen molar-refractivity contribution in [3.63, 3.8) is 0 Å². The molecule has 1 N–H and O–H groups in total. The molecule has 0 bridgehead atoms. The number of anilines is 3. The third kappa shape index (κ3) is 4.40. The van der Waals surface area contributed by atoms with Gasteiger partial charge in [0.25, 0.3) is 11.1 Å². The molecule has 2 aliphatic rings. The fourth-order valence-corrected chi connectivity index (χ4v) is 6.90. The van der Waals surface area contributed by atoms with Gasteiger partial charge in [-0.05, 0) is 72.2 Å². The van der Waals surface area contributed by atoms with Gasteiger partial charge in [-0.1, -0.05) is 12.1 Å². The molecular weight excluding hydrogens is 643 g/mol. The summed E-state index contributed by atoms with van der Waals surface area (Å²) in [5.41, 5.74) is -1.04. The minimum Gasteiger partial charge on any atom is -0.350 e. The molecule has 1 aliphatic carbocycles. The van der Waals surface area contributed by atoms with Crippen LogP contribution in [0.5, 0.6) is 0 Å². The number of pyridine rings is 1. The molecule has 4 aromatic rings. The number of hydrogen-bond donors (Lipinski definition) is 1. The van der Waals surface area contributed by atoms with Crippen LogP contribution < -0.4 is 20.7 Å². The van der Waals surface area contributed by atoms with Crippen molar-refractivity contribution in [2.45, 2.75) is 25.3 Å². The quantitative estimate of drug-likeness (QED) is 0.320. The van der Waals surface area contributed by atoms with Gasteiger partial charge >= 0.3 is 0 Å². The Bertz CT molecular complexity index is 1900. The fourth-order valence-electron chi connectivity index (χ4n) is 4.89. The van der Waals surface area contributed by atoms with Crippen molar-refractivity contribution < 1.29 is 17.2 Å². The average Bonchev–Trinajstić information content (AvgIpc) is 3.68. The second-order valence-corrected chi connectivity index (χ2v) is 12.9. The summed E-state index contributed by atoms with van der Waals surface area (Å²) in [6.45, 7) is 0.334. The Morgan fingerprint density at radius 1 is 1.08 bits per heavy atom. The zero-order valence-corrected chi connectivity index (χ0v) is 23.6. The third-order valence-electron chi connectivity index (χ3n) is 6.98. The van der Waals surface area contributed by atoms with Crippen LogP contribution in [-0.2, 0) is 17.1 Å². The molecule has 0 atom stereocenters. The summed E-state index contributed by atoms with van der Waals surface area (Å²) in [6.07, 6.45) is 1.90. The van der Waals surface area contributed by atoms with Crippen LogP contribution in [0.4, 0.5) is 25.8 Å². The first kappa shape index (κ1) is 25.9. The third-order valence-corrected chi connectivity index (χ3v) is 9.52. The Balaban J connectivity index is 1.65. The maximum Gasteiger partial charge on any atom is 0.289 e. The first-order valence-corrected chi connectivity index (χ1v) is 14.9. The summed E-state index contributed by atoms with van der Waals surface area (Å²) in [6, 6.07) is 10.7. The lowest BCUT2D eigenvalue weighted by molar-refractivity contribution is 0.590. The predicted molar refractivity (Wildman–Crippen MR) is 153 cm³/mol. The number of sulfonamides is 1. The van der Waals surface area contributed by atoms with Crippen LogP contribution in [-0.4, -0.2) is 35.1 Å². The van der Waals surface area contributed by atoms with E-state index in [1.807, 2.05) is 22.6 Å². The van der Waals surface area contributed by atoms with E-state index in [0.29, 0.717) is 40.6 Å². The predicted octanol–water partition coefficient (Wildman–Crippen LogP) is 4.26. The highest BCUT2D eigenvalue weighted by Gasteiger charge is 2.32. The molecule has 0 radical (unpaired) electrons. The normalized spacial score (nSPS) is 16.7. The standard InChI is InChI=1S/C26H22F2IN5O4S/c1-32-24-20(23(21(28)26(32)36)30-19-9-6-15(29)13-18(19)27)25(35)34(16-7-8-16)31-22(24)14-4-2-5-17(12-14)33-10-3-11-39(33,37)38/h2,4-6,9,12-13,16,30H,3,7-8,10-11H2,1H3. The van der Waals surface area contributed by atoms with E-state index in [0.717, 1.165) is 4.57 Å². The lowest BCUT2D eigenvalue weighted by Gasteiger charge is -2.20. The van der Waals surface area contributed by atoms with Crippen LogP contribution >= 0.6 is 22.6 Å². The van der Waals surface area contributed by atoms with Crippen LogP contribution in [0.1, 0.15) is 25.3 Å². The topological polar surface area (TPSA) is 106 Å². The van der Waals surface area contributed by atoms with Gasteiger partial charge < -0.3 is 9.88 Å². The first-order valence-electron chi connectivity index (χ1n) is 12.2. The number of fused-ring (bicyclic) bond motifs is 1. The molecule has 9 nitrogen and oxygen atoms in total. The molecule has 39 heavy (non-hydrogen) atoms. The number of hydrogen-bond acceptors (Lipinski definition) is 6. The van der Waals surface area contributed by atoms with E-state index in [1.54, 1.807) is 30.3 Å². The first-order chi connectivity index (χ1) is 18.6. The van der Waals surface area contributed by atoms with Gasteiger partial charge in [-0.2, -0.15) is 9.49 Å². The maximum absolute atomic E-state index is 15.5. The van der Waals surface area contributed by atoms with E-state index >= 15 is 4.39 Å². The van der Waals surface area contributed by atoms with E-state index in [1.165, 1.54) is 28.2 Å². The van der Waals surface area contributed by atoms with Crippen molar-refractivity contribution in [1.29, 1.82) is 0 Å². The van der Waals surface area contributed by atoms with E-state index in [-0.39, 0.29) is 34.1 Å². The van der Waals surface area contributed by atoms with Crippen LogP contribution in [0.2, 0.25) is 0 Å². The lowest BCUT2D eigenvalue weighted by atomic mass is 10.1. The van der Waals surface area contributed by atoms with Crippen LogP contribution in [0.15, 0.2) is 52.1 Å². The smallest absolute Gasteiger partial charge is 0.289 e. The molecule has 2 aromatic heterocycles. The Morgan fingerprint density at radius 2 is 1.85 bits per heavy atom. The van der Waals surface area contributed by atoms with Gasteiger partial charge in [-0.25, -0.2) is 17.5 Å². The average molecular weight is 665 g/mol. The zero-order chi connectivity index (χ0) is 27.6. The number of aryl methyl sites for hydroxylation is 1. The number of rotatable bonds is 5. The molecule has 0 spiro atoms. The summed E-state index contributed by atoms with van der Waals surface area (Å²) in [5, 5.41) is 7.10. The Morgan fingerprint density at radius 3 is 2.51 bits per heavy atom. The van der Waals surface area contributed by atoms with Crippen LogP contribution in [0, 0.1) is 15.2 Å². The molecule has 6 rings (SSSR count). The fraction of sp³-hybridized carbons (Fsp3) is 0.269. The number of halogens is 3. The van der Waals surface area contributed by atoms with Crippen molar-refractivity contribution in [2.75, 3.05) is 21.9 Å². The van der Waals surface area contributed by atoms with Gasteiger partial charge in [0.1, 0.15) is 11.5 Å². The van der Waals surface area contributed by atoms with Gasteiger partial charge in [0, 0.05) is 22.7 Å².